The van der Waals surface area contributed by atoms with E-state index in [0.29, 0.717) is 0 Å². The second-order valence-corrected chi connectivity index (χ2v) is 3.76. The van der Waals surface area contributed by atoms with Crippen molar-refractivity contribution in [1.29, 1.82) is 0 Å². The Morgan fingerprint density at radius 3 is 3.00 bits per heavy atom. The number of rotatable bonds is 5. The zero-order valence-electron chi connectivity index (χ0n) is 9.74. The maximum atomic E-state index is 5.55. The van der Waals surface area contributed by atoms with E-state index in [1.807, 2.05) is 23.1 Å². The van der Waals surface area contributed by atoms with Crippen molar-refractivity contribution in [2.45, 2.75) is 25.9 Å². The summed E-state index contributed by atoms with van der Waals surface area (Å²) in [5.74, 6) is 5.55. The maximum Gasteiger partial charge on any atom is 0.115 e. The van der Waals surface area contributed by atoms with E-state index in [1.165, 1.54) is 6.33 Å². The van der Waals surface area contributed by atoms with Crippen LogP contribution in [0.5, 0.6) is 0 Å². The van der Waals surface area contributed by atoms with Crippen molar-refractivity contribution in [3.8, 4) is 0 Å². The largest absolute Gasteiger partial charge is 0.273 e. The second-order valence-electron chi connectivity index (χ2n) is 3.76. The van der Waals surface area contributed by atoms with Gasteiger partial charge in [0.05, 0.1) is 17.9 Å². The summed E-state index contributed by atoms with van der Waals surface area (Å²) >= 11 is 0. The lowest BCUT2D eigenvalue weighted by Gasteiger charge is -2.13. The molecule has 0 amide bonds. The number of nitrogens with one attached hydrogen (secondary N) is 1. The predicted molar refractivity (Wildman–Crippen MR) is 63.7 cm³/mol. The summed E-state index contributed by atoms with van der Waals surface area (Å²) in [6.07, 6.45) is 7.87. The molecule has 3 N–H and O–H groups in total. The first-order valence-corrected chi connectivity index (χ1v) is 5.57. The molecule has 0 bridgehead atoms. The lowest BCUT2D eigenvalue weighted by atomic mass is 10.1. The minimum absolute atomic E-state index is 0.0208. The summed E-state index contributed by atoms with van der Waals surface area (Å²) in [6.45, 7) is 2.92. The first kappa shape index (κ1) is 11.7. The minimum Gasteiger partial charge on any atom is -0.273 e. The van der Waals surface area contributed by atoms with Crippen LogP contribution in [-0.4, -0.2) is 19.7 Å². The van der Waals surface area contributed by atoms with E-state index in [2.05, 4.69) is 27.4 Å². The van der Waals surface area contributed by atoms with Crippen molar-refractivity contribution in [2.75, 3.05) is 0 Å². The summed E-state index contributed by atoms with van der Waals surface area (Å²) in [5.41, 5.74) is 4.78. The number of aromatic nitrogens is 4. The fraction of sp³-hybridized carbons (Fsp3) is 0.364. The van der Waals surface area contributed by atoms with E-state index in [4.69, 9.17) is 5.84 Å². The third-order valence-electron chi connectivity index (χ3n) is 2.61. The van der Waals surface area contributed by atoms with Gasteiger partial charge in [0.2, 0.25) is 0 Å². The monoisotopic (exact) mass is 232 g/mol. The Labute approximate surface area is 99.9 Å². The van der Waals surface area contributed by atoms with Crippen molar-refractivity contribution >= 4 is 0 Å². The van der Waals surface area contributed by atoms with Gasteiger partial charge in [0.25, 0.3) is 0 Å². The molecule has 0 spiro atoms. The van der Waals surface area contributed by atoms with Crippen molar-refractivity contribution in [2.24, 2.45) is 5.84 Å². The zero-order chi connectivity index (χ0) is 12.1. The molecule has 1 atom stereocenters. The molecule has 0 aliphatic heterocycles. The molecule has 6 nitrogen and oxygen atoms in total. The highest BCUT2D eigenvalue weighted by molar-refractivity contribution is 5.12. The number of nitrogens with two attached hydrogens (primary N) is 1. The van der Waals surface area contributed by atoms with Gasteiger partial charge in [-0.3, -0.25) is 16.0 Å². The lowest BCUT2D eigenvalue weighted by Crippen LogP contribution is -2.30. The highest BCUT2D eigenvalue weighted by Gasteiger charge is 2.12. The van der Waals surface area contributed by atoms with Crippen molar-refractivity contribution in [1.82, 2.24) is 25.2 Å². The number of aryl methyl sites for hydroxylation is 1. The Morgan fingerprint density at radius 1 is 1.53 bits per heavy atom. The molecule has 2 aromatic rings. The van der Waals surface area contributed by atoms with Crippen LogP contribution in [0, 0.1) is 0 Å². The Bertz CT molecular complexity index is 452. The molecule has 0 saturated heterocycles. The highest BCUT2D eigenvalue weighted by atomic mass is 15.3. The van der Waals surface area contributed by atoms with Crippen molar-refractivity contribution in [3.05, 3.63) is 42.2 Å². The smallest absolute Gasteiger partial charge is 0.115 e. The number of hydrogen-bond donors (Lipinski definition) is 2. The Hall–Kier alpha value is -1.79. The van der Waals surface area contributed by atoms with Crippen LogP contribution >= 0.6 is 0 Å². The molecule has 2 heterocycles. The first-order chi connectivity index (χ1) is 8.33. The summed E-state index contributed by atoms with van der Waals surface area (Å²) in [7, 11) is 0. The summed E-state index contributed by atoms with van der Waals surface area (Å²) in [4.78, 5) is 8.08. The van der Waals surface area contributed by atoms with E-state index < -0.39 is 0 Å². The standard InChI is InChI=1S/C11H16N6/c1-2-17-7-9(6-15-17)5-11(16-12)10-3-4-13-8-14-10/h3-4,6-8,11,16H,2,5,12H2,1H3. The number of hydrogen-bond acceptors (Lipinski definition) is 5. The van der Waals surface area contributed by atoms with Gasteiger partial charge in [-0.25, -0.2) is 9.97 Å². The fourth-order valence-electron chi connectivity index (χ4n) is 1.68. The van der Waals surface area contributed by atoms with Crippen LogP contribution < -0.4 is 11.3 Å². The molecule has 0 saturated carbocycles. The average molecular weight is 232 g/mol. The summed E-state index contributed by atoms with van der Waals surface area (Å²) in [5, 5.41) is 4.23. The average Bonchev–Trinajstić information content (AvgIpc) is 2.84. The Morgan fingerprint density at radius 2 is 2.41 bits per heavy atom. The van der Waals surface area contributed by atoms with Crippen molar-refractivity contribution in [3.63, 3.8) is 0 Å². The predicted octanol–water partition coefficient (Wildman–Crippen LogP) is 0.440. The van der Waals surface area contributed by atoms with Gasteiger partial charge in [0.1, 0.15) is 6.33 Å². The number of hydrazine groups is 1. The molecule has 0 fully saturated rings. The van der Waals surface area contributed by atoms with Gasteiger partial charge in [-0.2, -0.15) is 5.10 Å². The zero-order valence-corrected chi connectivity index (χ0v) is 9.74. The van der Waals surface area contributed by atoms with E-state index in [1.54, 1.807) is 6.20 Å². The molecule has 0 aromatic carbocycles. The molecule has 2 rings (SSSR count). The third-order valence-corrected chi connectivity index (χ3v) is 2.61. The molecule has 0 aliphatic rings. The lowest BCUT2D eigenvalue weighted by molar-refractivity contribution is 0.536. The van der Waals surface area contributed by atoms with E-state index >= 15 is 0 Å². The number of nitrogens with zero attached hydrogens (tertiary/aromatic N) is 4. The molecule has 90 valence electrons. The van der Waals surface area contributed by atoms with Crippen LogP contribution in [0.25, 0.3) is 0 Å². The van der Waals surface area contributed by atoms with Gasteiger partial charge in [-0.1, -0.05) is 0 Å². The van der Waals surface area contributed by atoms with Crippen LogP contribution in [-0.2, 0) is 13.0 Å². The quantitative estimate of drug-likeness (QED) is 0.577. The van der Waals surface area contributed by atoms with Gasteiger partial charge in [0.15, 0.2) is 0 Å². The maximum absolute atomic E-state index is 5.55. The van der Waals surface area contributed by atoms with Gasteiger partial charge in [-0.15, -0.1) is 0 Å². The normalized spacial score (nSPS) is 12.6. The topological polar surface area (TPSA) is 81.7 Å². The van der Waals surface area contributed by atoms with E-state index in [0.717, 1.165) is 24.2 Å². The fourth-order valence-corrected chi connectivity index (χ4v) is 1.68. The highest BCUT2D eigenvalue weighted by Crippen LogP contribution is 2.14. The van der Waals surface area contributed by atoms with Crippen LogP contribution in [0.2, 0.25) is 0 Å². The molecule has 2 aromatic heterocycles. The second kappa shape index (κ2) is 5.51. The van der Waals surface area contributed by atoms with Crippen LogP contribution in [0.4, 0.5) is 0 Å². The minimum atomic E-state index is -0.0208. The third kappa shape index (κ3) is 2.86. The Kier molecular flexibility index (Phi) is 3.79. The molecular formula is C11H16N6. The summed E-state index contributed by atoms with van der Waals surface area (Å²) in [6, 6.07) is 1.84. The Balaban J connectivity index is 2.10. The SMILES string of the molecule is CCn1cc(CC(NN)c2ccncn2)cn1. The van der Waals surface area contributed by atoms with Gasteiger partial charge >= 0.3 is 0 Å². The van der Waals surface area contributed by atoms with Gasteiger partial charge in [-0.05, 0) is 25.0 Å². The van der Waals surface area contributed by atoms with Gasteiger partial charge < -0.3 is 0 Å². The van der Waals surface area contributed by atoms with Crippen molar-refractivity contribution < 1.29 is 0 Å². The molecular weight excluding hydrogens is 216 g/mol. The van der Waals surface area contributed by atoms with E-state index in [-0.39, 0.29) is 6.04 Å². The van der Waals surface area contributed by atoms with Crippen LogP contribution in [0.3, 0.4) is 0 Å². The molecule has 0 radical (unpaired) electrons. The molecule has 6 heteroatoms. The molecule has 17 heavy (non-hydrogen) atoms. The molecule has 0 aliphatic carbocycles. The molecule has 1 unspecified atom stereocenters. The summed E-state index contributed by atoms with van der Waals surface area (Å²) < 4.78 is 1.89. The first-order valence-electron chi connectivity index (χ1n) is 5.57. The van der Waals surface area contributed by atoms with Gasteiger partial charge in [0, 0.05) is 18.9 Å². The van der Waals surface area contributed by atoms with Crippen LogP contribution in [0.15, 0.2) is 31.0 Å². The van der Waals surface area contributed by atoms with Crippen LogP contribution in [0.1, 0.15) is 24.2 Å². The van der Waals surface area contributed by atoms with E-state index in [9.17, 15) is 0 Å².